The minimum absolute atomic E-state index is 0.119. The topological polar surface area (TPSA) is 72.8 Å². The highest BCUT2D eigenvalue weighted by molar-refractivity contribution is 6.30. The number of fused-ring (bicyclic) bond motifs is 3. The zero-order valence-corrected chi connectivity index (χ0v) is 19.2. The molecule has 7 nitrogen and oxygen atoms in total. The molecule has 0 amide bonds. The Morgan fingerprint density at radius 2 is 1.73 bits per heavy atom. The fraction of sp³-hybridized carbons (Fsp3) is 0.240. The van der Waals surface area contributed by atoms with Gasteiger partial charge >= 0.3 is 0 Å². The molecule has 0 fully saturated rings. The lowest BCUT2D eigenvalue weighted by Crippen LogP contribution is -2.33. The Morgan fingerprint density at radius 1 is 1.00 bits per heavy atom. The Morgan fingerprint density at radius 3 is 2.39 bits per heavy atom. The maximum absolute atomic E-state index is 10.4. The molecule has 0 saturated heterocycles. The number of ether oxygens (including phenoxy) is 4. The number of para-hydroxylation sites is 1. The predicted molar refractivity (Wildman–Crippen MR) is 125 cm³/mol. The van der Waals surface area contributed by atoms with Crippen molar-refractivity contribution in [3.05, 3.63) is 76.3 Å². The number of hydrogen-bond acceptors (Lipinski definition) is 7. The molecule has 0 spiro atoms. The van der Waals surface area contributed by atoms with E-state index in [0.29, 0.717) is 34.3 Å². The van der Waals surface area contributed by atoms with Crippen molar-refractivity contribution in [2.75, 3.05) is 21.3 Å². The van der Waals surface area contributed by atoms with Gasteiger partial charge in [0.2, 0.25) is 12.0 Å². The van der Waals surface area contributed by atoms with Gasteiger partial charge in [-0.2, -0.15) is 5.10 Å². The fourth-order valence-corrected chi connectivity index (χ4v) is 4.58. The number of rotatable bonds is 5. The van der Waals surface area contributed by atoms with E-state index in [1.807, 2.05) is 47.5 Å². The lowest BCUT2D eigenvalue weighted by Gasteiger charge is -2.38. The van der Waals surface area contributed by atoms with E-state index in [1.54, 1.807) is 33.5 Å². The number of hydrogen-bond donors (Lipinski definition) is 1. The van der Waals surface area contributed by atoms with Gasteiger partial charge in [-0.05, 0) is 42.5 Å². The Balaban J connectivity index is 1.65. The van der Waals surface area contributed by atoms with Crippen LogP contribution in [0.4, 0.5) is 0 Å². The van der Waals surface area contributed by atoms with Crippen LogP contribution in [0, 0.1) is 0 Å². The second-order valence-electron chi connectivity index (χ2n) is 7.77. The Hall–Kier alpha value is -3.58. The first-order valence-electron chi connectivity index (χ1n) is 10.4. The van der Waals surface area contributed by atoms with Crippen molar-refractivity contribution >= 4 is 17.3 Å². The van der Waals surface area contributed by atoms with Crippen LogP contribution >= 0.6 is 11.6 Å². The monoisotopic (exact) mass is 466 g/mol. The first-order valence-corrected chi connectivity index (χ1v) is 10.8. The molecule has 33 heavy (non-hydrogen) atoms. The summed E-state index contributed by atoms with van der Waals surface area (Å²) in [6.45, 7) is 0. The summed E-state index contributed by atoms with van der Waals surface area (Å²) in [4.78, 5) is 0. The molecule has 3 aromatic rings. The van der Waals surface area contributed by atoms with E-state index in [1.165, 1.54) is 0 Å². The molecule has 2 atom stereocenters. The number of halogens is 1. The van der Waals surface area contributed by atoms with Crippen LogP contribution in [-0.4, -0.2) is 37.2 Å². The highest BCUT2D eigenvalue weighted by Gasteiger charge is 2.42. The van der Waals surface area contributed by atoms with Crippen LogP contribution in [0.2, 0.25) is 5.02 Å². The van der Waals surface area contributed by atoms with Gasteiger partial charge in [0.05, 0.1) is 33.1 Å². The SMILES string of the molecule is COc1cc(C2Oc3ccc(Cl)cc3C3CC(c4ccccc4O)=NN32)cc(OC)c1OC. The van der Waals surface area contributed by atoms with Crippen LogP contribution in [-0.2, 0) is 0 Å². The van der Waals surface area contributed by atoms with Crippen LogP contribution in [0.1, 0.15) is 35.4 Å². The molecule has 0 radical (unpaired) electrons. The van der Waals surface area contributed by atoms with E-state index >= 15 is 0 Å². The number of aromatic hydroxyl groups is 1. The number of benzene rings is 3. The normalized spacial score (nSPS) is 18.7. The van der Waals surface area contributed by atoms with Crippen LogP contribution in [0.15, 0.2) is 59.7 Å². The summed E-state index contributed by atoms with van der Waals surface area (Å²) < 4.78 is 23.0. The third kappa shape index (κ3) is 3.58. The summed E-state index contributed by atoms with van der Waals surface area (Å²) in [7, 11) is 4.72. The maximum atomic E-state index is 10.4. The van der Waals surface area contributed by atoms with E-state index in [9.17, 15) is 5.11 Å². The molecule has 2 aliphatic heterocycles. The van der Waals surface area contributed by atoms with Crippen LogP contribution in [0.3, 0.4) is 0 Å². The summed E-state index contributed by atoms with van der Waals surface area (Å²) >= 11 is 6.31. The number of hydrazone groups is 1. The van der Waals surface area contributed by atoms with Gasteiger partial charge in [0.1, 0.15) is 11.5 Å². The van der Waals surface area contributed by atoms with Crippen molar-refractivity contribution < 1.29 is 24.1 Å². The Kier molecular flexibility index (Phi) is 5.42. The molecule has 2 unspecified atom stereocenters. The van der Waals surface area contributed by atoms with Gasteiger partial charge in [0.15, 0.2) is 11.5 Å². The summed E-state index contributed by atoms with van der Waals surface area (Å²) in [5, 5.41) is 17.8. The maximum Gasteiger partial charge on any atom is 0.214 e. The van der Waals surface area contributed by atoms with Crippen molar-refractivity contribution in [3.63, 3.8) is 0 Å². The van der Waals surface area contributed by atoms with E-state index in [2.05, 4.69) is 0 Å². The van der Waals surface area contributed by atoms with Crippen molar-refractivity contribution in [2.45, 2.75) is 18.7 Å². The van der Waals surface area contributed by atoms with Gasteiger partial charge in [-0.15, -0.1) is 0 Å². The molecule has 5 rings (SSSR count). The van der Waals surface area contributed by atoms with E-state index < -0.39 is 6.23 Å². The van der Waals surface area contributed by atoms with Crippen molar-refractivity contribution in [1.29, 1.82) is 0 Å². The first kappa shape index (κ1) is 21.3. The summed E-state index contributed by atoms with van der Waals surface area (Å²) in [5.41, 5.74) is 3.20. The average Bonchev–Trinajstić information content (AvgIpc) is 3.28. The Bertz CT molecular complexity index is 1220. The standard InChI is InChI=1S/C25H23ClN2O5/c1-30-22-10-14(11-23(31-2)24(22)32-3)25-28-19(17-12-15(26)8-9-21(17)33-25)13-18(27-28)16-6-4-5-7-20(16)29/h4-12,19,25,29H,13H2,1-3H3. The fourth-order valence-electron chi connectivity index (χ4n) is 4.40. The summed E-state index contributed by atoms with van der Waals surface area (Å²) in [5.74, 6) is 2.47. The van der Waals surface area contributed by atoms with E-state index in [0.717, 1.165) is 22.6 Å². The second-order valence-corrected chi connectivity index (χ2v) is 8.21. The molecule has 1 N–H and O–H groups in total. The molecule has 0 saturated carbocycles. The number of phenolic OH excluding ortho intramolecular Hbond substituents is 1. The largest absolute Gasteiger partial charge is 0.507 e. The summed E-state index contributed by atoms with van der Waals surface area (Å²) in [6.07, 6.45) is 0.0376. The lowest BCUT2D eigenvalue weighted by atomic mass is 9.95. The Labute approximate surface area is 196 Å². The number of nitrogens with zero attached hydrogens (tertiary/aromatic N) is 2. The minimum Gasteiger partial charge on any atom is -0.507 e. The van der Waals surface area contributed by atoms with Gasteiger partial charge in [-0.1, -0.05) is 23.7 Å². The second kappa shape index (κ2) is 8.41. The van der Waals surface area contributed by atoms with Gasteiger partial charge in [0.25, 0.3) is 0 Å². The first-order chi connectivity index (χ1) is 16.0. The summed E-state index contributed by atoms with van der Waals surface area (Å²) in [6, 6.07) is 16.4. The van der Waals surface area contributed by atoms with Gasteiger partial charge < -0.3 is 24.1 Å². The van der Waals surface area contributed by atoms with Crippen LogP contribution < -0.4 is 18.9 Å². The third-order valence-corrected chi connectivity index (χ3v) is 6.17. The molecular formula is C25H23ClN2O5. The minimum atomic E-state index is -0.555. The van der Waals surface area contributed by atoms with Crippen LogP contribution in [0.5, 0.6) is 28.7 Å². The molecule has 3 aromatic carbocycles. The predicted octanol–water partition coefficient (Wildman–Crippen LogP) is 5.31. The van der Waals surface area contributed by atoms with Crippen LogP contribution in [0.25, 0.3) is 0 Å². The smallest absolute Gasteiger partial charge is 0.214 e. The molecule has 0 bridgehead atoms. The van der Waals surface area contributed by atoms with E-state index in [-0.39, 0.29) is 11.8 Å². The quantitative estimate of drug-likeness (QED) is 0.549. The molecule has 2 heterocycles. The molecule has 0 aromatic heterocycles. The van der Waals surface area contributed by atoms with Crippen molar-refractivity contribution in [3.8, 4) is 28.7 Å². The molecule has 8 heteroatoms. The highest BCUT2D eigenvalue weighted by atomic mass is 35.5. The number of methoxy groups -OCH3 is 3. The zero-order valence-electron chi connectivity index (χ0n) is 18.4. The number of phenols is 1. The molecule has 0 aliphatic carbocycles. The molecular weight excluding hydrogens is 444 g/mol. The molecule has 170 valence electrons. The molecule has 2 aliphatic rings. The average molecular weight is 467 g/mol. The zero-order chi connectivity index (χ0) is 23.1. The lowest BCUT2D eigenvalue weighted by molar-refractivity contribution is -0.0192. The van der Waals surface area contributed by atoms with E-state index in [4.69, 9.17) is 35.6 Å². The van der Waals surface area contributed by atoms with Gasteiger partial charge in [-0.25, -0.2) is 5.01 Å². The van der Waals surface area contributed by atoms with Crippen molar-refractivity contribution in [1.82, 2.24) is 5.01 Å². The van der Waals surface area contributed by atoms with Gasteiger partial charge in [-0.3, -0.25) is 0 Å². The highest BCUT2D eigenvalue weighted by Crippen LogP contribution is 2.50. The van der Waals surface area contributed by atoms with Crippen molar-refractivity contribution in [2.24, 2.45) is 5.10 Å². The third-order valence-electron chi connectivity index (χ3n) is 5.94. The van der Waals surface area contributed by atoms with Gasteiger partial charge in [0, 0.05) is 28.1 Å².